The highest BCUT2D eigenvalue weighted by Gasteiger charge is 2.31. The second kappa shape index (κ2) is 15.1. The van der Waals surface area contributed by atoms with Crippen LogP contribution in [0.3, 0.4) is 0 Å². The molecule has 3 rings (SSSR count). The fourth-order valence-corrected chi connectivity index (χ4v) is 5.62. The number of nitrogens with zero attached hydrogens (tertiary/aromatic N) is 2. The fraction of sp³-hybridized carbons (Fsp3) is 0.355. The Balaban J connectivity index is 1.88. The van der Waals surface area contributed by atoms with E-state index in [1.54, 1.807) is 4.90 Å². The molecule has 0 aromatic heterocycles. The van der Waals surface area contributed by atoms with Crippen LogP contribution in [0.5, 0.6) is 0 Å². The van der Waals surface area contributed by atoms with Gasteiger partial charge in [0.1, 0.15) is 11.9 Å². The van der Waals surface area contributed by atoms with Gasteiger partial charge < -0.3 is 10.2 Å². The van der Waals surface area contributed by atoms with Crippen molar-refractivity contribution in [2.45, 2.75) is 58.2 Å². The van der Waals surface area contributed by atoms with E-state index in [1.807, 2.05) is 68.4 Å². The summed E-state index contributed by atoms with van der Waals surface area (Å²) in [6.07, 6.45) is 2.38. The zero-order chi connectivity index (χ0) is 30.0. The van der Waals surface area contributed by atoms with E-state index in [9.17, 15) is 22.4 Å². The summed E-state index contributed by atoms with van der Waals surface area (Å²) in [5, 5.41) is 3.04. The molecule has 7 nitrogen and oxygen atoms in total. The van der Waals surface area contributed by atoms with Crippen LogP contribution < -0.4 is 9.62 Å². The summed E-state index contributed by atoms with van der Waals surface area (Å²) in [5.41, 5.74) is 2.10. The molecule has 41 heavy (non-hydrogen) atoms. The van der Waals surface area contributed by atoms with Gasteiger partial charge in [0.05, 0.1) is 11.9 Å². The largest absolute Gasteiger partial charge is 0.352 e. The highest BCUT2D eigenvalue weighted by atomic mass is 79.9. The molecule has 0 aliphatic rings. The Labute approximate surface area is 250 Å². The SMILES string of the molecule is CC[C@H](C)NC(=O)[C@H](Cc1ccccc1)N(Cc1ccc(Br)cc1)C(=O)CCCN(c1ccc(F)cc1)S(C)(=O)=O. The Morgan fingerprint density at radius 2 is 1.59 bits per heavy atom. The van der Waals surface area contributed by atoms with Crippen molar-refractivity contribution in [2.24, 2.45) is 0 Å². The van der Waals surface area contributed by atoms with Crippen LogP contribution in [0.1, 0.15) is 44.2 Å². The molecule has 0 radical (unpaired) electrons. The third-order valence-corrected chi connectivity index (χ3v) is 8.53. The summed E-state index contributed by atoms with van der Waals surface area (Å²) in [4.78, 5) is 29.0. The Morgan fingerprint density at radius 3 is 2.17 bits per heavy atom. The van der Waals surface area contributed by atoms with Gasteiger partial charge in [-0.1, -0.05) is 65.3 Å². The number of hydrogen-bond donors (Lipinski definition) is 1. The normalized spacial score (nSPS) is 12.8. The number of rotatable bonds is 14. The van der Waals surface area contributed by atoms with E-state index in [-0.39, 0.29) is 43.8 Å². The maximum Gasteiger partial charge on any atom is 0.243 e. The van der Waals surface area contributed by atoms with E-state index in [2.05, 4.69) is 21.2 Å². The molecule has 3 aromatic carbocycles. The third-order valence-electron chi connectivity index (χ3n) is 6.81. The quantitative estimate of drug-likeness (QED) is 0.244. The molecular weight excluding hydrogens is 609 g/mol. The van der Waals surface area contributed by atoms with Gasteiger partial charge in [-0.25, -0.2) is 12.8 Å². The van der Waals surface area contributed by atoms with Gasteiger partial charge in [-0.15, -0.1) is 0 Å². The first-order valence-electron chi connectivity index (χ1n) is 13.6. The molecule has 0 fully saturated rings. The van der Waals surface area contributed by atoms with Crippen LogP contribution in [0.15, 0.2) is 83.3 Å². The first-order chi connectivity index (χ1) is 19.5. The maximum atomic E-state index is 13.8. The van der Waals surface area contributed by atoms with Crippen LogP contribution in [0.4, 0.5) is 10.1 Å². The molecule has 220 valence electrons. The van der Waals surface area contributed by atoms with Crippen molar-refractivity contribution in [1.29, 1.82) is 0 Å². The summed E-state index contributed by atoms with van der Waals surface area (Å²) in [6, 6.07) is 21.5. The number of carbonyl (C=O) groups is 2. The van der Waals surface area contributed by atoms with Gasteiger partial charge in [0, 0.05) is 36.4 Å². The van der Waals surface area contributed by atoms with Crippen molar-refractivity contribution in [3.05, 3.63) is 100 Å². The summed E-state index contributed by atoms with van der Waals surface area (Å²) < 4.78 is 40.5. The zero-order valence-electron chi connectivity index (χ0n) is 23.6. The molecule has 0 saturated heterocycles. The molecule has 0 aliphatic heterocycles. The third kappa shape index (κ3) is 9.97. The standard InChI is InChI=1S/C31H37BrFN3O4S/c1-4-23(2)34-31(38)29(21-24-9-6-5-7-10-24)35(22-25-12-14-26(32)15-13-25)30(37)11-8-20-36(41(3,39)40)28-18-16-27(33)17-19-28/h5-7,9-10,12-19,23,29H,4,8,11,20-22H2,1-3H3,(H,34,38)/t23-,29-/m0/s1. The van der Waals surface area contributed by atoms with E-state index in [0.29, 0.717) is 12.1 Å². The van der Waals surface area contributed by atoms with Crippen molar-refractivity contribution in [2.75, 3.05) is 17.1 Å². The van der Waals surface area contributed by atoms with Gasteiger partial charge in [-0.2, -0.15) is 0 Å². The van der Waals surface area contributed by atoms with Crippen molar-refractivity contribution in [3.8, 4) is 0 Å². The Hall–Kier alpha value is -3.24. The van der Waals surface area contributed by atoms with Gasteiger partial charge in [-0.05, 0) is 67.3 Å². The van der Waals surface area contributed by atoms with Crippen LogP contribution in [-0.4, -0.2) is 50.0 Å². The van der Waals surface area contributed by atoms with Gasteiger partial charge in [0.15, 0.2) is 0 Å². The van der Waals surface area contributed by atoms with Gasteiger partial charge >= 0.3 is 0 Å². The predicted octanol–water partition coefficient (Wildman–Crippen LogP) is 5.69. The van der Waals surface area contributed by atoms with Crippen molar-refractivity contribution < 1.29 is 22.4 Å². The van der Waals surface area contributed by atoms with E-state index in [1.165, 1.54) is 24.3 Å². The number of anilines is 1. The zero-order valence-corrected chi connectivity index (χ0v) is 26.0. The summed E-state index contributed by atoms with van der Waals surface area (Å²) >= 11 is 3.44. The minimum Gasteiger partial charge on any atom is -0.352 e. The molecular formula is C31H37BrFN3O4S. The molecule has 2 atom stereocenters. The molecule has 0 saturated carbocycles. The van der Waals surface area contributed by atoms with Crippen LogP contribution in [0.2, 0.25) is 0 Å². The average molecular weight is 647 g/mol. The topological polar surface area (TPSA) is 86.8 Å². The Kier molecular flexibility index (Phi) is 11.9. The fourth-order valence-electron chi connectivity index (χ4n) is 4.39. The number of sulfonamides is 1. The van der Waals surface area contributed by atoms with Crippen LogP contribution in [-0.2, 0) is 32.6 Å². The number of hydrogen-bond acceptors (Lipinski definition) is 4. The van der Waals surface area contributed by atoms with Crippen LogP contribution in [0.25, 0.3) is 0 Å². The maximum absolute atomic E-state index is 13.8. The number of carbonyl (C=O) groups excluding carboxylic acids is 2. The lowest BCUT2D eigenvalue weighted by molar-refractivity contribution is -0.141. The first kappa shape index (κ1) is 32.3. The van der Waals surface area contributed by atoms with E-state index >= 15 is 0 Å². The molecule has 1 N–H and O–H groups in total. The summed E-state index contributed by atoms with van der Waals surface area (Å²) in [5.74, 6) is -0.973. The molecule has 0 bridgehead atoms. The van der Waals surface area contributed by atoms with E-state index < -0.39 is 21.9 Å². The molecule has 0 spiro atoms. The predicted molar refractivity (Wildman–Crippen MR) is 164 cm³/mol. The van der Waals surface area contributed by atoms with E-state index in [0.717, 1.165) is 32.6 Å². The molecule has 0 aliphatic carbocycles. The monoisotopic (exact) mass is 645 g/mol. The minimum absolute atomic E-state index is 0.0195. The van der Waals surface area contributed by atoms with E-state index in [4.69, 9.17) is 0 Å². The second-order valence-corrected chi connectivity index (χ2v) is 12.9. The lowest BCUT2D eigenvalue weighted by Gasteiger charge is -2.32. The number of nitrogens with one attached hydrogen (secondary N) is 1. The molecule has 2 amide bonds. The number of benzene rings is 3. The Morgan fingerprint density at radius 1 is 0.951 bits per heavy atom. The summed E-state index contributed by atoms with van der Waals surface area (Å²) in [7, 11) is -3.67. The highest BCUT2D eigenvalue weighted by molar-refractivity contribution is 9.10. The Bertz CT molecular complexity index is 1390. The van der Waals surface area contributed by atoms with Crippen molar-refractivity contribution in [1.82, 2.24) is 10.2 Å². The molecule has 10 heteroatoms. The second-order valence-electron chi connectivity index (χ2n) is 10.1. The van der Waals surface area contributed by atoms with Crippen LogP contribution in [0, 0.1) is 5.82 Å². The highest BCUT2D eigenvalue weighted by Crippen LogP contribution is 2.21. The smallest absolute Gasteiger partial charge is 0.243 e. The van der Waals surface area contributed by atoms with Crippen molar-refractivity contribution in [3.63, 3.8) is 0 Å². The lowest BCUT2D eigenvalue weighted by atomic mass is 10.0. The first-order valence-corrected chi connectivity index (χ1v) is 16.2. The average Bonchev–Trinajstić information content (AvgIpc) is 2.94. The summed E-state index contributed by atoms with van der Waals surface area (Å²) in [6.45, 7) is 4.15. The lowest BCUT2D eigenvalue weighted by Crippen LogP contribution is -2.52. The molecule has 0 heterocycles. The molecule has 3 aromatic rings. The number of amides is 2. The minimum atomic E-state index is -3.67. The van der Waals surface area contributed by atoms with Gasteiger partial charge in [0.25, 0.3) is 0 Å². The van der Waals surface area contributed by atoms with Crippen LogP contribution >= 0.6 is 15.9 Å². The molecule has 0 unspecified atom stereocenters. The number of halogens is 2. The van der Waals surface area contributed by atoms with Gasteiger partial charge in [0.2, 0.25) is 21.8 Å². The van der Waals surface area contributed by atoms with Crippen molar-refractivity contribution >= 4 is 43.5 Å². The van der Waals surface area contributed by atoms with Gasteiger partial charge in [-0.3, -0.25) is 13.9 Å².